The lowest BCUT2D eigenvalue weighted by Crippen LogP contribution is -2.10. The number of amides is 1. The summed E-state index contributed by atoms with van der Waals surface area (Å²) in [6.45, 7) is 2.04. The van der Waals surface area contributed by atoms with E-state index in [1.54, 1.807) is 17.4 Å². The summed E-state index contributed by atoms with van der Waals surface area (Å²) in [6, 6.07) is 5.50. The minimum absolute atomic E-state index is 0.380. The van der Waals surface area contributed by atoms with E-state index >= 15 is 0 Å². The number of carbonyl (C=O) groups is 1. The second-order valence-corrected chi connectivity index (χ2v) is 5.10. The number of hydrogen-bond acceptors (Lipinski definition) is 2. The molecule has 0 bridgehead atoms. The summed E-state index contributed by atoms with van der Waals surface area (Å²) in [7, 11) is 0. The van der Waals surface area contributed by atoms with E-state index in [0.717, 1.165) is 14.6 Å². The van der Waals surface area contributed by atoms with Gasteiger partial charge in [-0.3, -0.25) is 4.79 Å². The maximum atomic E-state index is 11.0. The third-order valence-corrected chi connectivity index (χ3v) is 4.43. The van der Waals surface area contributed by atoms with Crippen LogP contribution in [0.2, 0.25) is 0 Å². The van der Waals surface area contributed by atoms with Crippen LogP contribution in [0.4, 0.5) is 0 Å². The van der Waals surface area contributed by atoms with Crippen molar-refractivity contribution in [2.24, 2.45) is 5.73 Å². The van der Waals surface area contributed by atoms with E-state index in [2.05, 4.69) is 15.9 Å². The van der Waals surface area contributed by atoms with Crippen molar-refractivity contribution in [2.45, 2.75) is 6.92 Å². The number of hydrogen-bond donors (Lipinski definition) is 1. The zero-order valence-electron chi connectivity index (χ0n) is 7.50. The Bertz CT molecular complexity index is 518. The van der Waals surface area contributed by atoms with Crippen LogP contribution in [0.25, 0.3) is 10.1 Å². The molecule has 2 aromatic rings. The molecule has 1 amide bonds. The molecule has 72 valence electrons. The van der Waals surface area contributed by atoms with Gasteiger partial charge in [0.05, 0.1) is 0 Å². The number of halogens is 1. The molecule has 0 fully saturated rings. The Kier molecular flexibility index (Phi) is 2.33. The fraction of sp³-hybridized carbons (Fsp3) is 0.100. The number of carbonyl (C=O) groups excluding carboxylic acids is 1. The number of fused-ring (bicyclic) bond motifs is 1. The van der Waals surface area contributed by atoms with Crippen molar-refractivity contribution in [3.8, 4) is 0 Å². The van der Waals surface area contributed by atoms with Crippen LogP contribution in [0.15, 0.2) is 22.7 Å². The standard InChI is InChI=1S/C10H8BrNOS/c1-5-9(11)7-3-2-6(10(12)13)4-8(7)14-5/h2-4H,1H3,(H2,12,13). The van der Waals surface area contributed by atoms with E-state index in [4.69, 9.17) is 5.73 Å². The van der Waals surface area contributed by atoms with E-state index in [1.807, 2.05) is 19.1 Å². The molecule has 0 radical (unpaired) electrons. The highest BCUT2D eigenvalue weighted by atomic mass is 79.9. The van der Waals surface area contributed by atoms with E-state index in [9.17, 15) is 4.79 Å². The molecule has 0 unspecified atom stereocenters. The lowest BCUT2D eigenvalue weighted by atomic mass is 10.1. The van der Waals surface area contributed by atoms with Gasteiger partial charge in [-0.2, -0.15) is 0 Å². The number of thiophene rings is 1. The average molecular weight is 270 g/mol. The van der Waals surface area contributed by atoms with Gasteiger partial charge >= 0.3 is 0 Å². The fourth-order valence-electron chi connectivity index (χ4n) is 1.34. The third kappa shape index (κ3) is 1.44. The molecule has 0 atom stereocenters. The molecule has 1 aromatic carbocycles. The molecule has 0 aliphatic heterocycles. The summed E-state index contributed by atoms with van der Waals surface area (Å²) in [4.78, 5) is 12.2. The smallest absolute Gasteiger partial charge is 0.248 e. The molecule has 2 nitrogen and oxygen atoms in total. The third-order valence-electron chi connectivity index (χ3n) is 2.07. The normalized spacial score (nSPS) is 10.7. The van der Waals surface area contributed by atoms with Crippen LogP contribution in [0.1, 0.15) is 15.2 Å². The van der Waals surface area contributed by atoms with Gasteiger partial charge in [0, 0.05) is 25.0 Å². The number of aryl methyl sites for hydroxylation is 1. The molecular formula is C10H8BrNOS. The van der Waals surface area contributed by atoms with Gasteiger partial charge in [-0.15, -0.1) is 11.3 Å². The highest BCUT2D eigenvalue weighted by Crippen LogP contribution is 2.35. The Labute approximate surface area is 93.9 Å². The first-order chi connectivity index (χ1) is 6.59. The summed E-state index contributed by atoms with van der Waals surface area (Å²) in [5, 5.41) is 1.14. The molecule has 1 aromatic heterocycles. The molecule has 0 spiro atoms. The summed E-state index contributed by atoms with van der Waals surface area (Å²) in [6.07, 6.45) is 0. The molecule has 0 saturated carbocycles. The van der Waals surface area contributed by atoms with Crippen LogP contribution in [0, 0.1) is 6.92 Å². The predicted molar refractivity (Wildman–Crippen MR) is 62.8 cm³/mol. The summed E-state index contributed by atoms with van der Waals surface area (Å²) < 4.78 is 2.19. The van der Waals surface area contributed by atoms with Crippen molar-refractivity contribution < 1.29 is 4.79 Å². The van der Waals surface area contributed by atoms with Gasteiger partial charge in [0.2, 0.25) is 5.91 Å². The molecule has 0 aliphatic rings. The number of primary amides is 1. The summed E-state index contributed by atoms with van der Waals surface area (Å²) in [5.74, 6) is -0.380. The Hall–Kier alpha value is -0.870. The van der Waals surface area contributed by atoms with Gasteiger partial charge in [-0.25, -0.2) is 0 Å². The van der Waals surface area contributed by atoms with Gasteiger partial charge in [0.15, 0.2) is 0 Å². The minimum atomic E-state index is -0.380. The van der Waals surface area contributed by atoms with Crippen molar-refractivity contribution in [1.29, 1.82) is 0 Å². The highest BCUT2D eigenvalue weighted by molar-refractivity contribution is 9.10. The Morgan fingerprint density at radius 3 is 2.86 bits per heavy atom. The van der Waals surface area contributed by atoms with Crippen molar-refractivity contribution >= 4 is 43.3 Å². The molecule has 2 N–H and O–H groups in total. The zero-order chi connectivity index (χ0) is 10.3. The van der Waals surface area contributed by atoms with Crippen molar-refractivity contribution in [2.75, 3.05) is 0 Å². The van der Waals surface area contributed by atoms with Crippen LogP contribution in [-0.2, 0) is 0 Å². The van der Waals surface area contributed by atoms with Gasteiger partial charge in [0.25, 0.3) is 0 Å². The van der Waals surface area contributed by atoms with E-state index < -0.39 is 0 Å². The number of rotatable bonds is 1. The first kappa shape index (κ1) is 9.68. The SMILES string of the molecule is Cc1sc2cc(C(N)=O)ccc2c1Br. The second-order valence-electron chi connectivity index (χ2n) is 3.05. The average Bonchev–Trinajstić information content (AvgIpc) is 2.42. The monoisotopic (exact) mass is 269 g/mol. The number of nitrogens with two attached hydrogens (primary N) is 1. The maximum absolute atomic E-state index is 11.0. The largest absolute Gasteiger partial charge is 0.366 e. The molecule has 4 heteroatoms. The molecule has 2 rings (SSSR count). The van der Waals surface area contributed by atoms with Crippen molar-refractivity contribution in [3.05, 3.63) is 33.1 Å². The zero-order valence-corrected chi connectivity index (χ0v) is 9.91. The van der Waals surface area contributed by atoms with E-state index in [1.165, 1.54) is 4.88 Å². The predicted octanol–water partition coefficient (Wildman–Crippen LogP) is 3.07. The fourth-order valence-corrected chi connectivity index (χ4v) is 3.06. The molecule has 0 saturated heterocycles. The Morgan fingerprint density at radius 1 is 1.50 bits per heavy atom. The van der Waals surface area contributed by atoms with E-state index in [0.29, 0.717) is 5.56 Å². The lowest BCUT2D eigenvalue weighted by Gasteiger charge is -1.95. The second kappa shape index (κ2) is 3.37. The van der Waals surface area contributed by atoms with Crippen LogP contribution in [-0.4, -0.2) is 5.91 Å². The summed E-state index contributed by atoms with van der Waals surface area (Å²) in [5.41, 5.74) is 5.76. The Balaban J connectivity index is 2.73. The van der Waals surface area contributed by atoms with E-state index in [-0.39, 0.29) is 5.91 Å². The van der Waals surface area contributed by atoms with Gasteiger partial charge < -0.3 is 5.73 Å². The quantitative estimate of drug-likeness (QED) is 0.850. The van der Waals surface area contributed by atoms with Gasteiger partial charge in [-0.1, -0.05) is 6.07 Å². The van der Waals surface area contributed by atoms with Crippen LogP contribution in [0.5, 0.6) is 0 Å². The van der Waals surface area contributed by atoms with Gasteiger partial charge in [0.1, 0.15) is 0 Å². The molecule has 0 aliphatic carbocycles. The van der Waals surface area contributed by atoms with Crippen LogP contribution >= 0.6 is 27.3 Å². The van der Waals surface area contributed by atoms with Crippen LogP contribution in [0.3, 0.4) is 0 Å². The molecule has 1 heterocycles. The van der Waals surface area contributed by atoms with Crippen molar-refractivity contribution in [3.63, 3.8) is 0 Å². The molecule has 14 heavy (non-hydrogen) atoms. The summed E-state index contributed by atoms with van der Waals surface area (Å²) >= 11 is 5.16. The maximum Gasteiger partial charge on any atom is 0.248 e. The van der Waals surface area contributed by atoms with Crippen molar-refractivity contribution in [1.82, 2.24) is 0 Å². The first-order valence-corrected chi connectivity index (χ1v) is 5.69. The number of benzene rings is 1. The molecular weight excluding hydrogens is 262 g/mol. The van der Waals surface area contributed by atoms with Crippen LogP contribution < -0.4 is 5.73 Å². The lowest BCUT2D eigenvalue weighted by molar-refractivity contribution is 0.100. The van der Waals surface area contributed by atoms with Gasteiger partial charge in [-0.05, 0) is 35.0 Å². The highest BCUT2D eigenvalue weighted by Gasteiger charge is 2.08. The topological polar surface area (TPSA) is 43.1 Å². The minimum Gasteiger partial charge on any atom is -0.366 e. The first-order valence-electron chi connectivity index (χ1n) is 4.08. The Morgan fingerprint density at radius 2 is 2.21 bits per heavy atom.